The van der Waals surface area contributed by atoms with Crippen LogP contribution in [0.15, 0.2) is 18.3 Å². The molecule has 0 aromatic carbocycles. The van der Waals surface area contributed by atoms with Gasteiger partial charge in [-0.2, -0.15) is 0 Å². The van der Waals surface area contributed by atoms with Gasteiger partial charge >= 0.3 is 0 Å². The first-order chi connectivity index (χ1) is 7.78. The lowest BCUT2D eigenvalue weighted by atomic mass is 10.1. The van der Waals surface area contributed by atoms with Gasteiger partial charge in [0, 0.05) is 31.0 Å². The third-order valence-electron chi connectivity index (χ3n) is 3.17. The highest BCUT2D eigenvalue weighted by molar-refractivity contribution is 5.48. The Bertz CT molecular complexity index is 340. The van der Waals surface area contributed by atoms with Gasteiger partial charge in [0.05, 0.1) is 0 Å². The molecule has 1 aliphatic heterocycles. The maximum absolute atomic E-state index is 5.70. The fraction of sp³-hybridized carbons (Fsp3) is 0.583. The number of rotatable bonds is 4. The van der Waals surface area contributed by atoms with Crippen molar-refractivity contribution in [2.75, 3.05) is 37.2 Å². The van der Waals surface area contributed by atoms with Crippen molar-refractivity contribution in [2.45, 2.75) is 13.3 Å². The van der Waals surface area contributed by atoms with E-state index in [-0.39, 0.29) is 0 Å². The minimum Gasteiger partial charge on any atom is -0.399 e. The van der Waals surface area contributed by atoms with Gasteiger partial charge in [0.15, 0.2) is 0 Å². The van der Waals surface area contributed by atoms with Crippen LogP contribution in [-0.2, 0) is 0 Å². The molecule has 0 aliphatic carbocycles. The van der Waals surface area contributed by atoms with Crippen LogP contribution in [-0.4, -0.2) is 36.1 Å². The number of nitrogen functional groups attached to an aromatic ring is 1. The van der Waals surface area contributed by atoms with Gasteiger partial charge in [-0.25, -0.2) is 4.98 Å². The lowest BCUT2D eigenvalue weighted by Crippen LogP contribution is -2.22. The molecule has 0 amide bonds. The van der Waals surface area contributed by atoms with Gasteiger partial charge in [-0.05, 0) is 31.5 Å². The van der Waals surface area contributed by atoms with Crippen LogP contribution in [0.4, 0.5) is 11.5 Å². The Kier molecular flexibility index (Phi) is 3.62. The first-order valence-corrected chi connectivity index (χ1v) is 5.95. The van der Waals surface area contributed by atoms with Crippen molar-refractivity contribution in [1.29, 1.82) is 0 Å². The van der Waals surface area contributed by atoms with Crippen molar-refractivity contribution in [2.24, 2.45) is 5.92 Å². The van der Waals surface area contributed by atoms with E-state index in [9.17, 15) is 0 Å². The second-order valence-electron chi connectivity index (χ2n) is 4.40. The van der Waals surface area contributed by atoms with Crippen molar-refractivity contribution in [3.8, 4) is 0 Å². The zero-order valence-corrected chi connectivity index (χ0v) is 9.82. The number of nitrogens with one attached hydrogen (secondary N) is 1. The molecule has 1 aromatic heterocycles. The van der Waals surface area contributed by atoms with Gasteiger partial charge in [0.2, 0.25) is 0 Å². The van der Waals surface area contributed by atoms with Crippen molar-refractivity contribution in [3.05, 3.63) is 18.3 Å². The van der Waals surface area contributed by atoms with E-state index in [1.807, 2.05) is 6.07 Å². The van der Waals surface area contributed by atoms with E-state index in [1.54, 1.807) is 12.3 Å². The number of likely N-dealkylation sites (tertiary alicyclic amines) is 1. The number of hydrogen-bond acceptors (Lipinski definition) is 4. The monoisotopic (exact) mass is 220 g/mol. The first-order valence-electron chi connectivity index (χ1n) is 5.95. The molecule has 16 heavy (non-hydrogen) atoms. The Morgan fingerprint density at radius 2 is 2.50 bits per heavy atom. The summed E-state index contributed by atoms with van der Waals surface area (Å²) in [5.74, 6) is 1.62. The summed E-state index contributed by atoms with van der Waals surface area (Å²) in [5, 5.41) is 3.35. The summed E-state index contributed by atoms with van der Waals surface area (Å²) in [6, 6.07) is 3.69. The van der Waals surface area contributed by atoms with Crippen LogP contribution in [0.25, 0.3) is 0 Å². The van der Waals surface area contributed by atoms with Crippen molar-refractivity contribution in [1.82, 2.24) is 9.88 Å². The molecule has 3 N–H and O–H groups in total. The minimum atomic E-state index is 0.739. The van der Waals surface area contributed by atoms with E-state index in [0.29, 0.717) is 0 Å². The smallest absolute Gasteiger partial charge is 0.127 e. The summed E-state index contributed by atoms with van der Waals surface area (Å²) in [5.41, 5.74) is 6.46. The van der Waals surface area contributed by atoms with E-state index in [4.69, 9.17) is 5.73 Å². The van der Waals surface area contributed by atoms with Gasteiger partial charge < -0.3 is 16.0 Å². The molecule has 1 atom stereocenters. The lowest BCUT2D eigenvalue weighted by molar-refractivity contribution is 0.345. The lowest BCUT2D eigenvalue weighted by Gasteiger charge is -2.14. The maximum Gasteiger partial charge on any atom is 0.127 e. The van der Waals surface area contributed by atoms with Crippen molar-refractivity contribution in [3.63, 3.8) is 0 Å². The molecule has 0 bridgehead atoms. The first kappa shape index (κ1) is 11.2. The summed E-state index contributed by atoms with van der Waals surface area (Å²) < 4.78 is 0. The van der Waals surface area contributed by atoms with Crippen LogP contribution >= 0.6 is 0 Å². The number of aromatic nitrogens is 1. The van der Waals surface area contributed by atoms with Crippen molar-refractivity contribution >= 4 is 11.5 Å². The van der Waals surface area contributed by atoms with Gasteiger partial charge in [0.25, 0.3) is 0 Å². The van der Waals surface area contributed by atoms with E-state index in [1.165, 1.54) is 19.5 Å². The van der Waals surface area contributed by atoms with Crippen LogP contribution in [0.5, 0.6) is 0 Å². The predicted octanol–water partition coefficient (Wildman–Crippen LogP) is 1.42. The molecular formula is C12H20N4. The number of pyridine rings is 1. The van der Waals surface area contributed by atoms with Crippen LogP contribution < -0.4 is 11.1 Å². The van der Waals surface area contributed by atoms with Gasteiger partial charge in [-0.15, -0.1) is 0 Å². The zero-order valence-electron chi connectivity index (χ0n) is 9.82. The van der Waals surface area contributed by atoms with E-state index in [0.717, 1.165) is 30.5 Å². The molecule has 0 spiro atoms. The standard InChI is InChI=1S/C12H20N4/c1-2-16-6-4-10(9-16)8-15-12-7-11(13)3-5-14-12/h3,5,7,10H,2,4,6,8-9H2,1H3,(H3,13,14,15). The molecule has 4 heteroatoms. The third-order valence-corrected chi connectivity index (χ3v) is 3.17. The highest BCUT2D eigenvalue weighted by Crippen LogP contribution is 2.16. The second-order valence-corrected chi connectivity index (χ2v) is 4.40. The largest absolute Gasteiger partial charge is 0.399 e. The minimum absolute atomic E-state index is 0.739. The van der Waals surface area contributed by atoms with Gasteiger partial charge in [-0.3, -0.25) is 0 Å². The molecule has 1 aromatic rings. The summed E-state index contributed by atoms with van der Waals surface area (Å²) in [4.78, 5) is 6.72. The summed E-state index contributed by atoms with van der Waals surface area (Å²) in [6.45, 7) is 6.80. The predicted molar refractivity (Wildman–Crippen MR) is 67.4 cm³/mol. The highest BCUT2D eigenvalue weighted by atomic mass is 15.1. The SMILES string of the molecule is CCN1CCC(CNc2cc(N)ccn2)C1. The average Bonchev–Trinajstić information content (AvgIpc) is 2.74. The zero-order chi connectivity index (χ0) is 11.4. The molecule has 4 nitrogen and oxygen atoms in total. The van der Waals surface area contributed by atoms with Gasteiger partial charge in [-0.1, -0.05) is 6.92 Å². The summed E-state index contributed by atoms with van der Waals surface area (Å²) >= 11 is 0. The Morgan fingerprint density at radius 3 is 3.19 bits per heavy atom. The van der Waals surface area contributed by atoms with Crippen molar-refractivity contribution < 1.29 is 0 Å². The summed E-state index contributed by atoms with van der Waals surface area (Å²) in [7, 11) is 0. The Balaban J connectivity index is 1.80. The molecule has 2 heterocycles. The highest BCUT2D eigenvalue weighted by Gasteiger charge is 2.20. The quantitative estimate of drug-likeness (QED) is 0.805. The van der Waals surface area contributed by atoms with E-state index < -0.39 is 0 Å². The Labute approximate surface area is 96.8 Å². The van der Waals surface area contributed by atoms with E-state index in [2.05, 4.69) is 22.1 Å². The molecule has 1 fully saturated rings. The molecule has 1 aliphatic rings. The number of hydrogen-bond donors (Lipinski definition) is 2. The molecular weight excluding hydrogens is 200 g/mol. The van der Waals surface area contributed by atoms with E-state index >= 15 is 0 Å². The molecule has 0 saturated carbocycles. The second kappa shape index (κ2) is 5.16. The van der Waals surface area contributed by atoms with Crippen LogP contribution in [0, 0.1) is 5.92 Å². The summed E-state index contributed by atoms with van der Waals surface area (Å²) in [6.07, 6.45) is 3.02. The fourth-order valence-corrected chi connectivity index (χ4v) is 2.16. The van der Waals surface area contributed by atoms with Crippen LogP contribution in [0.1, 0.15) is 13.3 Å². The number of anilines is 2. The van der Waals surface area contributed by atoms with Gasteiger partial charge in [0.1, 0.15) is 5.82 Å². The molecule has 0 radical (unpaired) electrons. The Hall–Kier alpha value is -1.29. The molecule has 2 rings (SSSR count). The number of nitrogens with two attached hydrogens (primary N) is 1. The average molecular weight is 220 g/mol. The van der Waals surface area contributed by atoms with Crippen LogP contribution in [0.3, 0.4) is 0 Å². The number of nitrogens with zero attached hydrogens (tertiary/aromatic N) is 2. The topological polar surface area (TPSA) is 54.2 Å². The fourth-order valence-electron chi connectivity index (χ4n) is 2.16. The Morgan fingerprint density at radius 1 is 1.62 bits per heavy atom. The molecule has 1 saturated heterocycles. The third kappa shape index (κ3) is 2.85. The maximum atomic E-state index is 5.70. The van der Waals surface area contributed by atoms with Crippen LogP contribution in [0.2, 0.25) is 0 Å². The molecule has 1 unspecified atom stereocenters. The normalized spacial score (nSPS) is 21.2. The molecule has 88 valence electrons.